The van der Waals surface area contributed by atoms with Crippen LogP contribution in [-0.4, -0.2) is 0 Å². The van der Waals surface area contributed by atoms with E-state index in [1.54, 1.807) is 6.08 Å². The minimum absolute atomic E-state index is 0.333. The number of hydrogen-bond donors (Lipinski definition) is 0. The third-order valence-electron chi connectivity index (χ3n) is 0.570. The van der Waals surface area contributed by atoms with Crippen molar-refractivity contribution >= 4 is 0 Å². The minimum atomic E-state index is -0.407. The lowest BCUT2D eigenvalue weighted by atomic mass is 10.5. The number of ether oxygens (including phenoxy) is 1. The van der Waals surface area contributed by atoms with Crippen molar-refractivity contribution in [2.24, 2.45) is 0 Å². The van der Waals surface area contributed by atoms with Crippen molar-refractivity contribution in [3.63, 3.8) is 0 Å². The van der Waals surface area contributed by atoms with E-state index in [9.17, 15) is 4.39 Å². The summed E-state index contributed by atoms with van der Waals surface area (Å²) in [5.74, 6) is 0. The van der Waals surface area contributed by atoms with Crippen molar-refractivity contribution < 1.29 is 9.13 Å². The third kappa shape index (κ3) is 0.506. The summed E-state index contributed by atoms with van der Waals surface area (Å²) in [6.45, 7) is 0. The predicted molar refractivity (Wildman–Crippen MR) is 19.2 cm³/mol. The Kier molecular flexibility index (Phi) is 0.783. The Balaban J connectivity index is 2.32. The lowest BCUT2D eigenvalue weighted by molar-refractivity contribution is 0.162. The molecule has 2 heteroatoms. The molecular weight excluding hydrogens is 83.0 g/mol. The summed E-state index contributed by atoms with van der Waals surface area (Å²) in [6.07, 6.45) is 2.89. The third-order valence-corrected chi connectivity index (χ3v) is 0.570. The van der Waals surface area contributed by atoms with E-state index in [1.807, 2.05) is 0 Å². The van der Waals surface area contributed by atoms with Gasteiger partial charge in [-0.15, -0.1) is 0 Å². The van der Waals surface area contributed by atoms with E-state index in [4.69, 9.17) is 0 Å². The standard InChI is InChI=1S/C4H4FO/c5-4-2-1-3-6-4/h1,3H,2H2. The molecule has 0 aromatic rings. The molecule has 33 valence electrons. The molecule has 0 spiro atoms. The van der Waals surface area contributed by atoms with E-state index in [2.05, 4.69) is 4.74 Å². The molecular formula is C4H4FO. The molecule has 0 saturated heterocycles. The van der Waals surface area contributed by atoms with Gasteiger partial charge in [-0.05, 0) is 6.08 Å². The summed E-state index contributed by atoms with van der Waals surface area (Å²) < 4.78 is 15.8. The average Bonchev–Trinajstić information content (AvgIpc) is 1.86. The lowest BCUT2D eigenvalue weighted by Crippen LogP contribution is -1.78. The van der Waals surface area contributed by atoms with Crippen LogP contribution >= 0.6 is 0 Å². The fourth-order valence-electron chi connectivity index (χ4n) is 0.311. The van der Waals surface area contributed by atoms with Crippen LogP contribution < -0.4 is 0 Å². The Bertz CT molecular complexity index is 61.9. The maximum atomic E-state index is 11.6. The molecule has 1 radical (unpaired) electrons. The molecule has 0 aromatic heterocycles. The number of halogens is 1. The highest BCUT2D eigenvalue weighted by Crippen LogP contribution is 2.16. The monoisotopic (exact) mass is 87.0 g/mol. The highest BCUT2D eigenvalue weighted by molar-refractivity contribution is 4.90. The van der Waals surface area contributed by atoms with Gasteiger partial charge in [0.25, 0.3) is 0 Å². The zero-order valence-electron chi connectivity index (χ0n) is 3.15. The molecule has 1 rings (SSSR count). The first-order chi connectivity index (χ1) is 2.89. The smallest absolute Gasteiger partial charge is 0.320 e. The highest BCUT2D eigenvalue weighted by atomic mass is 19.1. The van der Waals surface area contributed by atoms with Crippen molar-refractivity contribution in [2.45, 2.75) is 6.42 Å². The zero-order valence-corrected chi connectivity index (χ0v) is 3.15. The summed E-state index contributed by atoms with van der Waals surface area (Å²) in [4.78, 5) is 0. The van der Waals surface area contributed by atoms with Crippen molar-refractivity contribution in [2.75, 3.05) is 0 Å². The summed E-state index contributed by atoms with van der Waals surface area (Å²) >= 11 is 0. The first-order valence-corrected chi connectivity index (χ1v) is 1.72. The number of rotatable bonds is 0. The highest BCUT2D eigenvalue weighted by Gasteiger charge is 2.08. The first-order valence-electron chi connectivity index (χ1n) is 1.72. The van der Waals surface area contributed by atoms with E-state index in [0.29, 0.717) is 6.42 Å². The molecule has 0 saturated carbocycles. The van der Waals surface area contributed by atoms with Gasteiger partial charge in [-0.3, -0.25) is 0 Å². The van der Waals surface area contributed by atoms with Crippen molar-refractivity contribution in [3.05, 3.63) is 18.7 Å². The van der Waals surface area contributed by atoms with Crippen LogP contribution in [0, 0.1) is 6.36 Å². The van der Waals surface area contributed by atoms with Gasteiger partial charge < -0.3 is 4.74 Å². The molecule has 0 aromatic carbocycles. The molecule has 0 atom stereocenters. The maximum Gasteiger partial charge on any atom is 0.320 e. The molecule has 0 bridgehead atoms. The zero-order chi connectivity index (χ0) is 4.41. The molecule has 0 N–H and O–H groups in total. The van der Waals surface area contributed by atoms with Gasteiger partial charge in [0.15, 0.2) is 0 Å². The second-order valence-corrected chi connectivity index (χ2v) is 1.05. The predicted octanol–water partition coefficient (Wildman–Crippen LogP) is 1.38. The van der Waals surface area contributed by atoms with Gasteiger partial charge in [0.05, 0.1) is 6.26 Å². The summed E-state index contributed by atoms with van der Waals surface area (Å²) in [5, 5.41) is 0. The minimum Gasteiger partial charge on any atom is -0.460 e. The summed E-state index contributed by atoms with van der Waals surface area (Å²) in [5.41, 5.74) is 0. The van der Waals surface area contributed by atoms with Gasteiger partial charge in [-0.25, -0.2) is 0 Å². The fourth-order valence-corrected chi connectivity index (χ4v) is 0.311. The molecule has 0 fully saturated rings. The van der Waals surface area contributed by atoms with Gasteiger partial charge in [0, 0.05) is 6.42 Å². The Morgan fingerprint density at radius 1 is 1.83 bits per heavy atom. The van der Waals surface area contributed by atoms with Crippen LogP contribution in [0.1, 0.15) is 6.42 Å². The Morgan fingerprint density at radius 2 is 2.67 bits per heavy atom. The molecule has 0 unspecified atom stereocenters. The molecule has 0 aliphatic carbocycles. The van der Waals surface area contributed by atoms with Gasteiger partial charge in [-0.2, -0.15) is 4.39 Å². The van der Waals surface area contributed by atoms with Crippen LogP contribution in [0.3, 0.4) is 0 Å². The van der Waals surface area contributed by atoms with E-state index in [1.165, 1.54) is 6.26 Å². The first kappa shape index (κ1) is 3.65. The van der Waals surface area contributed by atoms with Gasteiger partial charge in [-0.1, -0.05) is 0 Å². The van der Waals surface area contributed by atoms with Gasteiger partial charge in [0.1, 0.15) is 0 Å². The molecule has 0 amide bonds. The molecule has 1 aliphatic rings. The van der Waals surface area contributed by atoms with Gasteiger partial charge >= 0.3 is 6.36 Å². The summed E-state index contributed by atoms with van der Waals surface area (Å²) in [7, 11) is 0. The second kappa shape index (κ2) is 1.29. The molecule has 1 heterocycles. The quantitative estimate of drug-likeness (QED) is 0.433. The fraction of sp³-hybridized carbons (Fsp3) is 0.250. The van der Waals surface area contributed by atoms with E-state index in [0.717, 1.165) is 0 Å². The van der Waals surface area contributed by atoms with Crippen molar-refractivity contribution in [1.82, 2.24) is 0 Å². The van der Waals surface area contributed by atoms with Crippen LogP contribution in [0.2, 0.25) is 0 Å². The molecule has 6 heavy (non-hydrogen) atoms. The van der Waals surface area contributed by atoms with Crippen LogP contribution in [0.5, 0.6) is 0 Å². The largest absolute Gasteiger partial charge is 0.460 e. The van der Waals surface area contributed by atoms with Crippen LogP contribution in [0.15, 0.2) is 12.3 Å². The Morgan fingerprint density at radius 3 is 2.83 bits per heavy atom. The van der Waals surface area contributed by atoms with Crippen LogP contribution in [0.4, 0.5) is 4.39 Å². The van der Waals surface area contributed by atoms with E-state index < -0.39 is 6.36 Å². The van der Waals surface area contributed by atoms with Crippen LogP contribution in [0.25, 0.3) is 0 Å². The van der Waals surface area contributed by atoms with Gasteiger partial charge in [0.2, 0.25) is 0 Å². The SMILES string of the molecule is F[C]1CC=CO1. The Hall–Kier alpha value is -0.530. The normalized spacial score (nSPS) is 21.5. The number of hydrogen-bond acceptors (Lipinski definition) is 1. The van der Waals surface area contributed by atoms with Crippen LogP contribution in [-0.2, 0) is 4.74 Å². The lowest BCUT2D eigenvalue weighted by Gasteiger charge is -1.89. The summed E-state index contributed by atoms with van der Waals surface area (Å²) in [6, 6.07) is 0. The van der Waals surface area contributed by atoms with E-state index in [-0.39, 0.29) is 0 Å². The second-order valence-electron chi connectivity index (χ2n) is 1.05. The Labute approximate surface area is 35.4 Å². The van der Waals surface area contributed by atoms with Crippen molar-refractivity contribution in [1.29, 1.82) is 0 Å². The molecule has 1 nitrogen and oxygen atoms in total. The van der Waals surface area contributed by atoms with E-state index >= 15 is 0 Å². The average molecular weight is 87.1 g/mol. The van der Waals surface area contributed by atoms with Crippen molar-refractivity contribution in [3.8, 4) is 0 Å². The molecule has 1 aliphatic heterocycles. The maximum absolute atomic E-state index is 11.6. The topological polar surface area (TPSA) is 9.23 Å².